The van der Waals surface area contributed by atoms with Crippen molar-refractivity contribution in [2.75, 3.05) is 6.54 Å². The molecule has 0 spiro atoms. The molecule has 0 heterocycles. The Morgan fingerprint density at radius 1 is 1.27 bits per heavy atom. The van der Waals surface area contributed by atoms with Crippen molar-refractivity contribution in [3.05, 3.63) is 12.7 Å². The minimum atomic E-state index is -0.0631. The van der Waals surface area contributed by atoms with Gasteiger partial charge in [-0.3, -0.25) is 4.90 Å². The van der Waals surface area contributed by atoms with Crippen LogP contribution in [-0.2, 0) is 0 Å². The molecule has 88 valence electrons. The fourth-order valence-electron chi connectivity index (χ4n) is 2.48. The van der Waals surface area contributed by atoms with Gasteiger partial charge in [0.05, 0.1) is 6.10 Å². The molecule has 0 aliphatic heterocycles. The molecule has 0 unspecified atom stereocenters. The van der Waals surface area contributed by atoms with Crippen LogP contribution in [0, 0.1) is 0 Å². The van der Waals surface area contributed by atoms with Gasteiger partial charge in [-0.25, -0.2) is 0 Å². The number of aliphatic hydroxyl groups excluding tert-OH is 1. The Morgan fingerprint density at radius 2 is 1.80 bits per heavy atom. The van der Waals surface area contributed by atoms with Gasteiger partial charge >= 0.3 is 0 Å². The van der Waals surface area contributed by atoms with Crippen LogP contribution in [0.2, 0.25) is 0 Å². The van der Waals surface area contributed by atoms with Crippen LogP contribution in [-0.4, -0.2) is 34.2 Å². The fourth-order valence-corrected chi connectivity index (χ4v) is 2.48. The van der Waals surface area contributed by atoms with Crippen molar-refractivity contribution in [3.8, 4) is 0 Å². The third kappa shape index (κ3) is 3.62. The van der Waals surface area contributed by atoms with Crippen molar-refractivity contribution < 1.29 is 5.11 Å². The topological polar surface area (TPSA) is 23.5 Å². The Kier molecular flexibility index (Phi) is 4.35. The molecule has 15 heavy (non-hydrogen) atoms. The first-order valence-electron chi connectivity index (χ1n) is 6.01. The van der Waals surface area contributed by atoms with Gasteiger partial charge in [0.1, 0.15) is 0 Å². The molecule has 0 amide bonds. The normalized spacial score (nSPS) is 28.1. The summed E-state index contributed by atoms with van der Waals surface area (Å²) in [4.78, 5) is 2.51. The van der Waals surface area contributed by atoms with E-state index in [0.29, 0.717) is 6.04 Å². The molecular weight excluding hydrogens is 186 g/mol. The average Bonchev–Trinajstić information content (AvgIpc) is 2.14. The highest BCUT2D eigenvalue weighted by atomic mass is 16.3. The average molecular weight is 211 g/mol. The maximum absolute atomic E-state index is 9.50. The van der Waals surface area contributed by atoms with E-state index in [1.165, 1.54) is 0 Å². The van der Waals surface area contributed by atoms with Crippen molar-refractivity contribution in [1.29, 1.82) is 0 Å². The second-order valence-electron chi connectivity index (χ2n) is 5.57. The summed E-state index contributed by atoms with van der Waals surface area (Å²) in [5.74, 6) is 0. The van der Waals surface area contributed by atoms with E-state index in [4.69, 9.17) is 0 Å². The van der Waals surface area contributed by atoms with E-state index in [-0.39, 0.29) is 11.6 Å². The molecule has 1 fully saturated rings. The van der Waals surface area contributed by atoms with Gasteiger partial charge in [0.15, 0.2) is 0 Å². The maximum atomic E-state index is 9.50. The van der Waals surface area contributed by atoms with Crippen LogP contribution in [0.5, 0.6) is 0 Å². The summed E-state index contributed by atoms with van der Waals surface area (Å²) in [5.41, 5.74) is 0.196. The SMILES string of the molecule is C=CCN([C@H]1CC[C@H](O)CC1)C(C)(C)C. The van der Waals surface area contributed by atoms with E-state index in [1.807, 2.05) is 6.08 Å². The lowest BCUT2D eigenvalue weighted by molar-refractivity contribution is 0.0351. The summed E-state index contributed by atoms with van der Waals surface area (Å²) >= 11 is 0. The molecule has 2 heteroatoms. The smallest absolute Gasteiger partial charge is 0.0541 e. The minimum Gasteiger partial charge on any atom is -0.393 e. The molecule has 0 radical (unpaired) electrons. The van der Waals surface area contributed by atoms with E-state index >= 15 is 0 Å². The minimum absolute atomic E-state index is 0.0631. The van der Waals surface area contributed by atoms with Crippen LogP contribution in [0.25, 0.3) is 0 Å². The number of hydrogen-bond donors (Lipinski definition) is 1. The lowest BCUT2D eigenvalue weighted by Crippen LogP contribution is -2.49. The number of nitrogens with zero attached hydrogens (tertiary/aromatic N) is 1. The lowest BCUT2D eigenvalue weighted by atomic mass is 9.89. The molecule has 0 aromatic carbocycles. The highest BCUT2D eigenvalue weighted by Gasteiger charge is 2.30. The Hall–Kier alpha value is -0.340. The van der Waals surface area contributed by atoms with Gasteiger partial charge in [0, 0.05) is 18.1 Å². The summed E-state index contributed by atoms with van der Waals surface area (Å²) in [5, 5.41) is 9.50. The molecule has 0 saturated heterocycles. The van der Waals surface area contributed by atoms with E-state index in [2.05, 4.69) is 32.3 Å². The second-order valence-corrected chi connectivity index (χ2v) is 5.57. The molecular formula is C13H25NO. The van der Waals surface area contributed by atoms with Crippen molar-refractivity contribution in [2.24, 2.45) is 0 Å². The van der Waals surface area contributed by atoms with Gasteiger partial charge in [-0.15, -0.1) is 6.58 Å². The number of aliphatic hydroxyl groups is 1. The molecule has 2 nitrogen and oxygen atoms in total. The molecule has 1 rings (SSSR count). The third-order valence-corrected chi connectivity index (χ3v) is 3.29. The van der Waals surface area contributed by atoms with E-state index in [1.54, 1.807) is 0 Å². The monoisotopic (exact) mass is 211 g/mol. The van der Waals surface area contributed by atoms with Crippen molar-refractivity contribution in [2.45, 2.75) is 64.1 Å². The van der Waals surface area contributed by atoms with E-state index < -0.39 is 0 Å². The maximum Gasteiger partial charge on any atom is 0.0541 e. The van der Waals surface area contributed by atoms with Crippen LogP contribution in [0.4, 0.5) is 0 Å². The Bertz CT molecular complexity index is 199. The number of hydrogen-bond acceptors (Lipinski definition) is 2. The largest absolute Gasteiger partial charge is 0.393 e. The van der Waals surface area contributed by atoms with Gasteiger partial charge in [-0.1, -0.05) is 6.08 Å². The fraction of sp³-hybridized carbons (Fsp3) is 0.846. The molecule has 0 bridgehead atoms. The van der Waals surface area contributed by atoms with Crippen LogP contribution >= 0.6 is 0 Å². The van der Waals surface area contributed by atoms with Gasteiger partial charge in [-0.05, 0) is 46.5 Å². The molecule has 1 aliphatic rings. The van der Waals surface area contributed by atoms with Crippen LogP contribution in [0.15, 0.2) is 12.7 Å². The summed E-state index contributed by atoms with van der Waals surface area (Å²) in [6, 6.07) is 0.617. The first-order chi connectivity index (χ1) is 6.95. The highest BCUT2D eigenvalue weighted by Crippen LogP contribution is 2.28. The van der Waals surface area contributed by atoms with Crippen LogP contribution in [0.3, 0.4) is 0 Å². The van der Waals surface area contributed by atoms with Crippen LogP contribution in [0.1, 0.15) is 46.5 Å². The lowest BCUT2D eigenvalue weighted by Gasteiger charge is -2.43. The molecule has 1 saturated carbocycles. The zero-order valence-electron chi connectivity index (χ0n) is 10.4. The molecule has 0 atom stereocenters. The van der Waals surface area contributed by atoms with Crippen molar-refractivity contribution in [1.82, 2.24) is 4.90 Å². The highest BCUT2D eigenvalue weighted by molar-refractivity contribution is 4.90. The Balaban J connectivity index is 2.60. The van der Waals surface area contributed by atoms with Crippen LogP contribution < -0.4 is 0 Å². The number of rotatable bonds is 3. The van der Waals surface area contributed by atoms with Gasteiger partial charge in [0.2, 0.25) is 0 Å². The zero-order chi connectivity index (χ0) is 11.5. The summed E-state index contributed by atoms with van der Waals surface area (Å²) < 4.78 is 0. The van der Waals surface area contributed by atoms with Crippen molar-refractivity contribution >= 4 is 0 Å². The second kappa shape index (κ2) is 5.13. The standard InChI is InChI=1S/C13H25NO/c1-5-10-14(13(2,3)4)11-6-8-12(15)9-7-11/h5,11-12,15H,1,6-10H2,2-4H3/t11-,12-. The van der Waals surface area contributed by atoms with Gasteiger partial charge in [0.25, 0.3) is 0 Å². The summed E-state index contributed by atoms with van der Waals surface area (Å²) in [7, 11) is 0. The van der Waals surface area contributed by atoms with Gasteiger partial charge in [-0.2, -0.15) is 0 Å². The first-order valence-corrected chi connectivity index (χ1v) is 6.01. The van der Waals surface area contributed by atoms with Crippen molar-refractivity contribution in [3.63, 3.8) is 0 Å². The molecule has 1 N–H and O–H groups in total. The van der Waals surface area contributed by atoms with Gasteiger partial charge < -0.3 is 5.11 Å². The predicted molar refractivity (Wildman–Crippen MR) is 64.9 cm³/mol. The van der Waals surface area contributed by atoms with E-state index in [9.17, 15) is 5.11 Å². The molecule has 0 aromatic heterocycles. The molecule has 1 aliphatic carbocycles. The zero-order valence-corrected chi connectivity index (χ0v) is 10.4. The quantitative estimate of drug-likeness (QED) is 0.725. The Labute approximate surface area is 94.0 Å². The predicted octanol–water partition coefficient (Wildman–Crippen LogP) is 2.58. The summed E-state index contributed by atoms with van der Waals surface area (Å²) in [6.45, 7) is 11.5. The Morgan fingerprint density at radius 3 is 2.20 bits per heavy atom. The third-order valence-electron chi connectivity index (χ3n) is 3.29. The first kappa shape index (κ1) is 12.7. The summed E-state index contributed by atoms with van der Waals surface area (Å²) in [6.07, 6.45) is 6.06. The van der Waals surface area contributed by atoms with E-state index in [0.717, 1.165) is 32.2 Å². The molecule has 0 aromatic rings.